The molecule has 0 amide bonds. The second-order valence-electron chi connectivity index (χ2n) is 1.31. The lowest BCUT2D eigenvalue weighted by Crippen LogP contribution is -2.15. The van der Waals surface area contributed by atoms with Crippen molar-refractivity contribution in [1.29, 1.82) is 0 Å². The van der Waals surface area contributed by atoms with Crippen molar-refractivity contribution in [3.8, 4) is 0 Å². The zero-order chi connectivity index (χ0) is 7.28. The van der Waals surface area contributed by atoms with E-state index in [1.807, 2.05) is 0 Å². The molecular formula is C5H7FO3. The van der Waals surface area contributed by atoms with Crippen molar-refractivity contribution in [1.82, 2.24) is 0 Å². The molecule has 0 bridgehead atoms. The number of carboxylic acid groups (broad SMARTS) is 1. The van der Waals surface area contributed by atoms with Crippen LogP contribution >= 0.6 is 0 Å². The first-order chi connectivity index (χ1) is 4.20. The summed E-state index contributed by atoms with van der Waals surface area (Å²) in [7, 11) is 0. The summed E-state index contributed by atoms with van der Waals surface area (Å²) in [5.41, 5.74) is 0. The Morgan fingerprint density at radius 2 is 2.56 bits per heavy atom. The van der Waals surface area contributed by atoms with E-state index in [0.717, 1.165) is 6.08 Å². The minimum absolute atomic E-state index is 0.865. The molecule has 3 nitrogen and oxygen atoms in total. The Kier molecular flexibility index (Phi) is 3.43. The Labute approximate surface area is 51.7 Å². The van der Waals surface area contributed by atoms with Gasteiger partial charge in [0.05, 0.1) is 0 Å². The minimum Gasteiger partial charge on any atom is -0.450 e. The van der Waals surface area contributed by atoms with Crippen molar-refractivity contribution in [2.45, 2.75) is 6.10 Å². The first-order valence-corrected chi connectivity index (χ1v) is 2.28. The van der Waals surface area contributed by atoms with Gasteiger partial charge < -0.3 is 9.84 Å². The number of halogens is 1. The number of hydrogen-bond donors (Lipinski definition) is 1. The SMILES string of the molecule is C=CC(CF)OC(=O)O. The Balaban J connectivity index is 3.55. The standard InChI is InChI=1S/C5H7FO3/c1-2-4(3-6)9-5(7)8/h2,4H,1,3H2,(H,7,8). The summed E-state index contributed by atoms with van der Waals surface area (Å²) in [6, 6.07) is 0. The molecule has 0 saturated heterocycles. The van der Waals surface area contributed by atoms with Crippen molar-refractivity contribution in [2.24, 2.45) is 0 Å². The lowest BCUT2D eigenvalue weighted by molar-refractivity contribution is 0.0599. The van der Waals surface area contributed by atoms with E-state index in [1.54, 1.807) is 0 Å². The predicted molar refractivity (Wildman–Crippen MR) is 29.1 cm³/mol. The average molecular weight is 134 g/mol. The first-order valence-electron chi connectivity index (χ1n) is 2.28. The molecule has 0 spiro atoms. The van der Waals surface area contributed by atoms with Crippen LogP contribution in [-0.2, 0) is 4.74 Å². The molecule has 1 unspecified atom stereocenters. The van der Waals surface area contributed by atoms with Crippen molar-refractivity contribution in [3.63, 3.8) is 0 Å². The topological polar surface area (TPSA) is 46.5 Å². The molecular weight excluding hydrogens is 127 g/mol. The van der Waals surface area contributed by atoms with Gasteiger partial charge in [0, 0.05) is 0 Å². The van der Waals surface area contributed by atoms with Crippen LogP contribution in [-0.4, -0.2) is 24.0 Å². The van der Waals surface area contributed by atoms with Gasteiger partial charge in [0.15, 0.2) is 6.10 Å². The monoisotopic (exact) mass is 134 g/mol. The first kappa shape index (κ1) is 7.94. The molecule has 0 saturated carbocycles. The minimum atomic E-state index is -1.49. The maximum absolute atomic E-state index is 11.6. The van der Waals surface area contributed by atoms with Crippen LogP contribution < -0.4 is 0 Å². The molecule has 0 fully saturated rings. The molecule has 0 aliphatic heterocycles. The van der Waals surface area contributed by atoms with E-state index in [-0.39, 0.29) is 0 Å². The molecule has 0 aromatic heterocycles. The van der Waals surface area contributed by atoms with E-state index in [2.05, 4.69) is 11.3 Å². The van der Waals surface area contributed by atoms with Gasteiger partial charge >= 0.3 is 6.16 Å². The number of rotatable bonds is 3. The third-order valence-corrected chi connectivity index (χ3v) is 0.667. The Morgan fingerprint density at radius 3 is 2.67 bits per heavy atom. The Bertz CT molecular complexity index is 113. The molecule has 0 aliphatic rings. The number of alkyl halides is 1. The van der Waals surface area contributed by atoms with Gasteiger partial charge in [-0.2, -0.15) is 0 Å². The highest BCUT2D eigenvalue weighted by Crippen LogP contribution is 1.93. The summed E-state index contributed by atoms with van der Waals surface area (Å²) in [6.45, 7) is 2.29. The smallest absolute Gasteiger partial charge is 0.450 e. The molecule has 4 heteroatoms. The zero-order valence-electron chi connectivity index (χ0n) is 4.71. The molecule has 0 aromatic carbocycles. The summed E-state index contributed by atoms with van der Waals surface area (Å²) < 4.78 is 15.5. The number of hydrogen-bond acceptors (Lipinski definition) is 2. The van der Waals surface area contributed by atoms with Crippen molar-refractivity contribution in [3.05, 3.63) is 12.7 Å². The summed E-state index contributed by atoms with van der Waals surface area (Å²) in [6.07, 6.45) is -1.42. The molecule has 1 atom stereocenters. The summed E-state index contributed by atoms with van der Waals surface area (Å²) in [5.74, 6) is 0. The highest BCUT2D eigenvalue weighted by atomic mass is 19.1. The number of ether oxygens (including phenoxy) is 1. The van der Waals surface area contributed by atoms with Crippen LogP contribution in [0.1, 0.15) is 0 Å². The third-order valence-electron chi connectivity index (χ3n) is 0.667. The highest BCUT2D eigenvalue weighted by molar-refractivity contribution is 5.57. The van der Waals surface area contributed by atoms with Crippen molar-refractivity contribution < 1.29 is 19.0 Å². The molecule has 0 radical (unpaired) electrons. The van der Waals surface area contributed by atoms with Gasteiger partial charge in [-0.3, -0.25) is 0 Å². The van der Waals surface area contributed by atoms with Gasteiger partial charge in [-0.05, 0) is 6.08 Å². The van der Waals surface area contributed by atoms with Gasteiger partial charge in [-0.1, -0.05) is 6.58 Å². The molecule has 0 rings (SSSR count). The van der Waals surface area contributed by atoms with E-state index >= 15 is 0 Å². The van der Waals surface area contributed by atoms with Crippen molar-refractivity contribution >= 4 is 6.16 Å². The van der Waals surface area contributed by atoms with Gasteiger partial charge in [0.2, 0.25) is 0 Å². The lowest BCUT2D eigenvalue weighted by atomic mass is 10.4. The molecule has 9 heavy (non-hydrogen) atoms. The molecule has 0 heterocycles. The molecule has 0 aromatic rings. The summed E-state index contributed by atoms with van der Waals surface area (Å²) >= 11 is 0. The number of carbonyl (C=O) groups is 1. The Hall–Kier alpha value is -1.06. The van der Waals surface area contributed by atoms with Crippen LogP contribution in [0.2, 0.25) is 0 Å². The fourth-order valence-corrected chi connectivity index (χ4v) is 0.272. The molecule has 52 valence electrons. The van der Waals surface area contributed by atoms with Crippen LogP contribution in [0.5, 0.6) is 0 Å². The fraction of sp³-hybridized carbons (Fsp3) is 0.400. The zero-order valence-corrected chi connectivity index (χ0v) is 4.71. The summed E-state index contributed by atoms with van der Waals surface area (Å²) in [4.78, 5) is 9.69. The van der Waals surface area contributed by atoms with E-state index in [9.17, 15) is 9.18 Å². The van der Waals surface area contributed by atoms with Gasteiger partial charge in [0.25, 0.3) is 0 Å². The van der Waals surface area contributed by atoms with Crippen LogP contribution in [0, 0.1) is 0 Å². The average Bonchev–Trinajstić information content (AvgIpc) is 1.82. The van der Waals surface area contributed by atoms with Crippen LogP contribution in [0.3, 0.4) is 0 Å². The predicted octanol–water partition coefficient (Wildman–Crippen LogP) is 1.21. The largest absolute Gasteiger partial charge is 0.506 e. The quantitative estimate of drug-likeness (QED) is 0.466. The summed E-state index contributed by atoms with van der Waals surface area (Å²) in [5, 5.41) is 7.91. The molecule has 1 N–H and O–H groups in total. The maximum atomic E-state index is 11.6. The van der Waals surface area contributed by atoms with E-state index in [4.69, 9.17) is 5.11 Å². The second-order valence-corrected chi connectivity index (χ2v) is 1.31. The van der Waals surface area contributed by atoms with Crippen LogP contribution in [0.15, 0.2) is 12.7 Å². The molecule has 0 aliphatic carbocycles. The second kappa shape index (κ2) is 3.88. The van der Waals surface area contributed by atoms with E-state index in [1.165, 1.54) is 0 Å². The van der Waals surface area contributed by atoms with Gasteiger partial charge in [0.1, 0.15) is 6.67 Å². The fourth-order valence-electron chi connectivity index (χ4n) is 0.272. The third kappa shape index (κ3) is 3.52. The van der Waals surface area contributed by atoms with Crippen LogP contribution in [0.25, 0.3) is 0 Å². The highest BCUT2D eigenvalue weighted by Gasteiger charge is 2.06. The Morgan fingerprint density at radius 1 is 2.00 bits per heavy atom. The van der Waals surface area contributed by atoms with Gasteiger partial charge in [-0.15, -0.1) is 0 Å². The maximum Gasteiger partial charge on any atom is 0.506 e. The normalized spacial score (nSPS) is 12.1. The van der Waals surface area contributed by atoms with Gasteiger partial charge in [-0.25, -0.2) is 9.18 Å². The van der Waals surface area contributed by atoms with Crippen LogP contribution in [0.4, 0.5) is 9.18 Å². The van der Waals surface area contributed by atoms with E-state index in [0.29, 0.717) is 0 Å². The van der Waals surface area contributed by atoms with E-state index < -0.39 is 18.9 Å². The lowest BCUT2D eigenvalue weighted by Gasteiger charge is -2.04. The van der Waals surface area contributed by atoms with Crippen molar-refractivity contribution in [2.75, 3.05) is 6.67 Å².